The topological polar surface area (TPSA) is 12.5 Å². The van der Waals surface area contributed by atoms with Crippen molar-refractivity contribution in [2.75, 3.05) is 31.2 Å². The molecule has 1 aliphatic heterocycles. The molecule has 0 aromatic carbocycles. The Morgan fingerprint density at radius 3 is 2.92 bits per heavy atom. The lowest BCUT2D eigenvalue weighted by Crippen LogP contribution is -2.27. The Morgan fingerprint density at radius 1 is 1.42 bits per heavy atom. The zero-order chi connectivity index (χ0) is 8.81. The fourth-order valence-electron chi connectivity index (χ4n) is 1.70. The van der Waals surface area contributed by atoms with Crippen LogP contribution in [0.15, 0.2) is 0 Å². The predicted molar refractivity (Wildman–Crippen MR) is 60.0 cm³/mol. The van der Waals surface area contributed by atoms with Gasteiger partial charge in [0.1, 0.15) is 0 Å². The van der Waals surface area contributed by atoms with Crippen LogP contribution in [-0.2, 0) is 4.74 Å². The van der Waals surface area contributed by atoms with Gasteiger partial charge in [0.2, 0.25) is 0 Å². The quantitative estimate of drug-likeness (QED) is 0.579. The molecule has 1 atom stereocenters. The lowest BCUT2D eigenvalue weighted by Gasteiger charge is -2.18. The average Bonchev–Trinajstić information content (AvgIpc) is 2.31. The van der Waals surface area contributed by atoms with E-state index in [2.05, 4.69) is 27.5 Å². The molecule has 1 unspecified atom stereocenters. The maximum absolute atomic E-state index is 5.37. The summed E-state index contributed by atoms with van der Waals surface area (Å²) in [6, 6.07) is 0. The van der Waals surface area contributed by atoms with Gasteiger partial charge in [-0.15, -0.1) is 0 Å². The lowest BCUT2D eigenvalue weighted by molar-refractivity contribution is 0.0900. The van der Waals surface area contributed by atoms with Crippen molar-refractivity contribution in [2.24, 2.45) is 0 Å². The molecule has 3 heteroatoms. The van der Waals surface area contributed by atoms with Gasteiger partial charge in [-0.25, -0.2) is 0 Å². The molecule has 1 heterocycles. The normalized spacial score (nSPS) is 27.0. The molecule has 0 radical (unpaired) electrons. The average molecular weight is 283 g/mol. The van der Waals surface area contributed by atoms with Gasteiger partial charge in [0.25, 0.3) is 0 Å². The van der Waals surface area contributed by atoms with Crippen LogP contribution in [0.1, 0.15) is 19.3 Å². The number of nitrogens with zero attached hydrogens (tertiary/aromatic N) is 1. The Morgan fingerprint density at radius 2 is 2.25 bits per heavy atom. The highest BCUT2D eigenvalue weighted by Gasteiger charge is 2.15. The number of ether oxygens (including phenoxy) is 1. The van der Waals surface area contributed by atoms with Gasteiger partial charge in [-0.3, -0.25) is 0 Å². The fourth-order valence-corrected chi connectivity index (χ4v) is 2.39. The van der Waals surface area contributed by atoms with Gasteiger partial charge in [0.15, 0.2) is 0 Å². The summed E-state index contributed by atoms with van der Waals surface area (Å²) in [4.78, 5) is 2.55. The summed E-state index contributed by atoms with van der Waals surface area (Å²) in [7, 11) is 1.83. The molecule has 1 aliphatic rings. The van der Waals surface area contributed by atoms with E-state index in [9.17, 15) is 0 Å². The molecular weight excluding hydrogens is 265 g/mol. The highest BCUT2D eigenvalue weighted by molar-refractivity contribution is 14.1. The molecule has 0 spiro atoms. The van der Waals surface area contributed by atoms with Crippen molar-refractivity contribution in [3.05, 3.63) is 0 Å². The number of rotatable bonds is 3. The van der Waals surface area contributed by atoms with Crippen LogP contribution in [0, 0.1) is 0 Å². The number of hydrogen-bond donors (Lipinski definition) is 0. The lowest BCUT2D eigenvalue weighted by atomic mass is 10.2. The van der Waals surface area contributed by atoms with E-state index < -0.39 is 0 Å². The minimum Gasteiger partial charge on any atom is -0.381 e. The van der Waals surface area contributed by atoms with Crippen LogP contribution in [-0.4, -0.2) is 42.2 Å². The van der Waals surface area contributed by atoms with E-state index in [1.54, 1.807) is 0 Å². The molecule has 0 amide bonds. The number of methoxy groups -OCH3 is 1. The summed E-state index contributed by atoms with van der Waals surface area (Å²) in [5, 5.41) is 0. The third kappa shape index (κ3) is 3.58. The molecule has 0 aromatic heterocycles. The minimum atomic E-state index is 0.518. The van der Waals surface area contributed by atoms with E-state index in [1.165, 1.54) is 43.3 Å². The van der Waals surface area contributed by atoms with Gasteiger partial charge in [-0.1, -0.05) is 22.6 Å². The predicted octanol–water partition coefficient (Wildman–Crippen LogP) is 1.92. The number of halogens is 1. The van der Waals surface area contributed by atoms with Crippen molar-refractivity contribution in [3.63, 3.8) is 0 Å². The molecule has 1 rings (SSSR count). The third-order valence-electron chi connectivity index (χ3n) is 2.50. The Hall–Kier alpha value is 0.650. The van der Waals surface area contributed by atoms with E-state index in [4.69, 9.17) is 4.74 Å². The number of likely N-dealkylation sites (tertiary alicyclic amines) is 1. The van der Waals surface area contributed by atoms with Crippen molar-refractivity contribution < 1.29 is 4.74 Å². The minimum absolute atomic E-state index is 0.518. The molecule has 0 bridgehead atoms. The van der Waals surface area contributed by atoms with Gasteiger partial charge in [-0.05, 0) is 25.8 Å². The first kappa shape index (κ1) is 10.7. The van der Waals surface area contributed by atoms with E-state index in [1.807, 2.05) is 7.11 Å². The summed E-state index contributed by atoms with van der Waals surface area (Å²) in [6.45, 7) is 3.74. The number of alkyl halides is 1. The first-order valence-electron chi connectivity index (χ1n) is 4.68. The Labute approximate surface area is 88.8 Å². The second-order valence-corrected chi connectivity index (χ2v) is 4.40. The second-order valence-electron chi connectivity index (χ2n) is 3.32. The monoisotopic (exact) mass is 283 g/mol. The van der Waals surface area contributed by atoms with Crippen LogP contribution in [0.2, 0.25) is 0 Å². The summed E-state index contributed by atoms with van der Waals surface area (Å²) in [5.41, 5.74) is 0. The highest BCUT2D eigenvalue weighted by atomic mass is 127. The van der Waals surface area contributed by atoms with Crippen molar-refractivity contribution in [2.45, 2.75) is 25.4 Å². The smallest absolute Gasteiger partial charge is 0.0584 e. The van der Waals surface area contributed by atoms with Crippen LogP contribution < -0.4 is 0 Å². The van der Waals surface area contributed by atoms with Crippen LogP contribution in [0.25, 0.3) is 0 Å². The van der Waals surface area contributed by atoms with Gasteiger partial charge < -0.3 is 9.64 Å². The summed E-state index contributed by atoms with van der Waals surface area (Å²) in [5.74, 6) is 0. The Kier molecular flexibility index (Phi) is 5.50. The van der Waals surface area contributed by atoms with Crippen molar-refractivity contribution in [1.29, 1.82) is 0 Å². The molecular formula is C9H18INO. The van der Waals surface area contributed by atoms with Crippen molar-refractivity contribution >= 4 is 22.6 Å². The van der Waals surface area contributed by atoms with Crippen LogP contribution in [0.5, 0.6) is 0 Å². The van der Waals surface area contributed by atoms with E-state index >= 15 is 0 Å². The second kappa shape index (κ2) is 6.16. The van der Waals surface area contributed by atoms with E-state index in [0.29, 0.717) is 6.10 Å². The Balaban J connectivity index is 2.24. The molecule has 72 valence electrons. The molecule has 12 heavy (non-hydrogen) atoms. The zero-order valence-electron chi connectivity index (χ0n) is 7.76. The van der Waals surface area contributed by atoms with E-state index in [0.717, 1.165) is 0 Å². The number of hydrogen-bond acceptors (Lipinski definition) is 2. The first-order valence-corrected chi connectivity index (χ1v) is 6.20. The van der Waals surface area contributed by atoms with Gasteiger partial charge >= 0.3 is 0 Å². The van der Waals surface area contributed by atoms with Gasteiger partial charge in [0, 0.05) is 24.6 Å². The maximum atomic E-state index is 5.37. The SMILES string of the molecule is COC1CCCN(CCI)CC1. The Bertz CT molecular complexity index is 121. The molecule has 1 fully saturated rings. The summed E-state index contributed by atoms with van der Waals surface area (Å²) < 4.78 is 6.61. The molecule has 0 N–H and O–H groups in total. The third-order valence-corrected chi connectivity index (χ3v) is 2.98. The highest BCUT2D eigenvalue weighted by Crippen LogP contribution is 2.13. The molecule has 0 aromatic rings. The molecule has 1 saturated heterocycles. The van der Waals surface area contributed by atoms with Gasteiger partial charge in [0.05, 0.1) is 6.10 Å². The van der Waals surface area contributed by atoms with Crippen LogP contribution in [0.3, 0.4) is 0 Å². The van der Waals surface area contributed by atoms with Crippen LogP contribution in [0.4, 0.5) is 0 Å². The summed E-state index contributed by atoms with van der Waals surface area (Å²) in [6.07, 6.45) is 4.28. The first-order chi connectivity index (χ1) is 5.86. The molecule has 0 aliphatic carbocycles. The molecule has 0 saturated carbocycles. The zero-order valence-corrected chi connectivity index (χ0v) is 9.92. The van der Waals surface area contributed by atoms with Crippen LogP contribution >= 0.6 is 22.6 Å². The van der Waals surface area contributed by atoms with Crippen molar-refractivity contribution in [3.8, 4) is 0 Å². The maximum Gasteiger partial charge on any atom is 0.0584 e. The van der Waals surface area contributed by atoms with Crippen molar-refractivity contribution in [1.82, 2.24) is 4.90 Å². The standard InChI is InChI=1S/C9H18INO/c1-12-9-3-2-6-11(7-4-9)8-5-10/h9H,2-8H2,1H3. The van der Waals surface area contributed by atoms with Gasteiger partial charge in [-0.2, -0.15) is 0 Å². The van der Waals surface area contributed by atoms with E-state index in [-0.39, 0.29) is 0 Å². The molecule has 2 nitrogen and oxygen atoms in total. The fraction of sp³-hybridized carbons (Fsp3) is 1.00. The summed E-state index contributed by atoms with van der Waals surface area (Å²) >= 11 is 2.44. The largest absolute Gasteiger partial charge is 0.381 e.